The van der Waals surface area contributed by atoms with E-state index in [-0.39, 0.29) is 12.3 Å². The van der Waals surface area contributed by atoms with Gasteiger partial charge in [-0.1, -0.05) is 12.1 Å². The fourth-order valence-electron chi connectivity index (χ4n) is 1.77. The van der Waals surface area contributed by atoms with Crippen molar-refractivity contribution in [3.05, 3.63) is 29.8 Å². The van der Waals surface area contributed by atoms with Gasteiger partial charge in [0, 0.05) is 18.8 Å². The van der Waals surface area contributed by atoms with E-state index in [1.54, 1.807) is 0 Å². The number of anilines is 1. The van der Waals surface area contributed by atoms with Gasteiger partial charge in [-0.2, -0.15) is 0 Å². The quantitative estimate of drug-likeness (QED) is 0.701. The van der Waals surface area contributed by atoms with Crippen LogP contribution >= 0.6 is 0 Å². The van der Waals surface area contributed by atoms with Crippen molar-refractivity contribution in [2.75, 3.05) is 18.4 Å². The van der Waals surface area contributed by atoms with E-state index in [0.717, 1.165) is 11.3 Å². The van der Waals surface area contributed by atoms with Gasteiger partial charge in [0.15, 0.2) is 0 Å². The normalized spacial score (nSPS) is 17.6. The summed E-state index contributed by atoms with van der Waals surface area (Å²) in [6, 6.07) is 7.61. The van der Waals surface area contributed by atoms with E-state index in [1.807, 2.05) is 31.2 Å². The second kappa shape index (κ2) is 4.23. The first-order valence-electron chi connectivity index (χ1n) is 5.37. The number of carbonyl (C=O) groups is 1. The van der Waals surface area contributed by atoms with Crippen LogP contribution in [0.3, 0.4) is 0 Å². The van der Waals surface area contributed by atoms with E-state index >= 15 is 0 Å². The molecule has 0 saturated carbocycles. The zero-order valence-corrected chi connectivity index (χ0v) is 9.29. The predicted molar refractivity (Wildman–Crippen MR) is 62.2 cm³/mol. The van der Waals surface area contributed by atoms with Gasteiger partial charge in [-0.05, 0) is 24.6 Å². The van der Waals surface area contributed by atoms with Crippen molar-refractivity contribution in [1.82, 2.24) is 5.32 Å². The topological polar surface area (TPSA) is 61.4 Å². The van der Waals surface area contributed by atoms with Crippen LogP contribution in [0.2, 0.25) is 0 Å². The van der Waals surface area contributed by atoms with Crippen LogP contribution in [-0.2, 0) is 4.79 Å². The SMILES string of the molecule is Cc1cccc(NC(=O)CC2(O)CNC2)c1. The van der Waals surface area contributed by atoms with Crippen molar-refractivity contribution < 1.29 is 9.90 Å². The van der Waals surface area contributed by atoms with Crippen LogP contribution in [0.4, 0.5) is 5.69 Å². The van der Waals surface area contributed by atoms with Gasteiger partial charge in [0.1, 0.15) is 0 Å². The maximum absolute atomic E-state index is 11.6. The molecule has 1 aromatic carbocycles. The maximum Gasteiger partial charge on any atom is 0.227 e. The van der Waals surface area contributed by atoms with Gasteiger partial charge in [-0.25, -0.2) is 0 Å². The molecule has 1 aliphatic heterocycles. The molecule has 4 nitrogen and oxygen atoms in total. The molecule has 2 rings (SSSR count). The van der Waals surface area contributed by atoms with E-state index in [9.17, 15) is 9.90 Å². The number of hydrogen-bond donors (Lipinski definition) is 3. The second-order valence-corrected chi connectivity index (χ2v) is 4.42. The summed E-state index contributed by atoms with van der Waals surface area (Å²) in [5, 5.41) is 15.5. The first kappa shape index (κ1) is 11.1. The van der Waals surface area contributed by atoms with Crippen molar-refractivity contribution in [3.63, 3.8) is 0 Å². The first-order valence-corrected chi connectivity index (χ1v) is 5.37. The first-order chi connectivity index (χ1) is 7.57. The molecule has 0 spiro atoms. The summed E-state index contributed by atoms with van der Waals surface area (Å²) in [5.41, 5.74) is 1.02. The fraction of sp³-hybridized carbons (Fsp3) is 0.417. The number of nitrogens with one attached hydrogen (secondary N) is 2. The van der Waals surface area contributed by atoms with Gasteiger partial charge >= 0.3 is 0 Å². The summed E-state index contributed by atoms with van der Waals surface area (Å²) in [5.74, 6) is -0.144. The number of benzene rings is 1. The Morgan fingerprint density at radius 1 is 1.56 bits per heavy atom. The summed E-state index contributed by atoms with van der Waals surface area (Å²) in [4.78, 5) is 11.6. The number of aryl methyl sites for hydroxylation is 1. The molecular formula is C12H16N2O2. The zero-order valence-electron chi connectivity index (χ0n) is 9.29. The van der Waals surface area contributed by atoms with E-state index in [2.05, 4.69) is 10.6 Å². The van der Waals surface area contributed by atoms with Gasteiger partial charge in [-0.15, -0.1) is 0 Å². The third kappa shape index (κ3) is 2.59. The summed E-state index contributed by atoms with van der Waals surface area (Å²) in [6.45, 7) is 2.96. The Morgan fingerprint density at radius 2 is 2.31 bits per heavy atom. The minimum absolute atomic E-state index is 0.144. The molecule has 0 aliphatic carbocycles. The number of aliphatic hydroxyl groups is 1. The molecule has 1 saturated heterocycles. The Hall–Kier alpha value is -1.39. The number of amides is 1. The highest BCUT2D eigenvalue weighted by Gasteiger charge is 2.36. The van der Waals surface area contributed by atoms with Gasteiger partial charge < -0.3 is 15.7 Å². The van der Waals surface area contributed by atoms with Gasteiger partial charge in [0.05, 0.1) is 12.0 Å². The zero-order chi connectivity index (χ0) is 11.6. The summed E-state index contributed by atoms with van der Waals surface area (Å²) >= 11 is 0. The molecular weight excluding hydrogens is 204 g/mol. The molecule has 0 unspecified atom stereocenters. The smallest absolute Gasteiger partial charge is 0.227 e. The monoisotopic (exact) mass is 220 g/mol. The third-order valence-corrected chi connectivity index (χ3v) is 2.70. The third-order valence-electron chi connectivity index (χ3n) is 2.70. The van der Waals surface area contributed by atoms with Crippen molar-refractivity contribution >= 4 is 11.6 Å². The minimum atomic E-state index is -0.853. The van der Waals surface area contributed by atoms with Crippen molar-refractivity contribution in [1.29, 1.82) is 0 Å². The minimum Gasteiger partial charge on any atom is -0.387 e. The number of carbonyl (C=O) groups excluding carboxylic acids is 1. The lowest BCUT2D eigenvalue weighted by molar-refractivity contribution is -0.123. The Morgan fingerprint density at radius 3 is 2.88 bits per heavy atom. The Balaban J connectivity index is 1.92. The van der Waals surface area contributed by atoms with Crippen LogP contribution in [0.25, 0.3) is 0 Å². The van der Waals surface area contributed by atoms with Crippen LogP contribution in [0.1, 0.15) is 12.0 Å². The lowest BCUT2D eigenvalue weighted by Crippen LogP contribution is -2.60. The summed E-state index contributed by atoms with van der Waals surface area (Å²) in [7, 11) is 0. The van der Waals surface area contributed by atoms with Gasteiger partial charge in [-0.3, -0.25) is 4.79 Å². The summed E-state index contributed by atoms with van der Waals surface area (Å²) < 4.78 is 0. The van der Waals surface area contributed by atoms with Crippen LogP contribution in [0.15, 0.2) is 24.3 Å². The molecule has 4 heteroatoms. The molecule has 0 radical (unpaired) electrons. The Labute approximate surface area is 94.7 Å². The van der Waals surface area contributed by atoms with Crippen LogP contribution in [-0.4, -0.2) is 29.7 Å². The molecule has 0 atom stereocenters. The number of rotatable bonds is 3. The van der Waals surface area contributed by atoms with E-state index in [1.165, 1.54) is 0 Å². The number of hydrogen-bond acceptors (Lipinski definition) is 3. The van der Waals surface area contributed by atoms with Gasteiger partial charge in [0.2, 0.25) is 5.91 Å². The van der Waals surface area contributed by atoms with E-state index in [0.29, 0.717) is 13.1 Å². The van der Waals surface area contributed by atoms with Crippen LogP contribution < -0.4 is 10.6 Å². The molecule has 86 valence electrons. The highest BCUT2D eigenvalue weighted by atomic mass is 16.3. The Bertz CT molecular complexity index is 400. The standard InChI is InChI=1S/C12H16N2O2/c1-9-3-2-4-10(5-9)14-11(15)6-12(16)7-13-8-12/h2-5,13,16H,6-8H2,1H3,(H,14,15). The van der Waals surface area contributed by atoms with Crippen molar-refractivity contribution in [2.45, 2.75) is 18.9 Å². The fourth-order valence-corrected chi connectivity index (χ4v) is 1.77. The van der Waals surface area contributed by atoms with Crippen LogP contribution in [0, 0.1) is 6.92 Å². The average Bonchev–Trinajstić information content (AvgIpc) is 2.15. The van der Waals surface area contributed by atoms with Crippen molar-refractivity contribution in [2.24, 2.45) is 0 Å². The van der Waals surface area contributed by atoms with Gasteiger partial charge in [0.25, 0.3) is 0 Å². The molecule has 16 heavy (non-hydrogen) atoms. The second-order valence-electron chi connectivity index (χ2n) is 4.42. The molecule has 1 amide bonds. The lowest BCUT2D eigenvalue weighted by Gasteiger charge is -2.36. The van der Waals surface area contributed by atoms with Crippen LogP contribution in [0.5, 0.6) is 0 Å². The Kier molecular flexibility index (Phi) is 2.94. The molecule has 3 N–H and O–H groups in total. The lowest BCUT2D eigenvalue weighted by atomic mass is 9.93. The highest BCUT2D eigenvalue weighted by Crippen LogP contribution is 2.17. The van der Waals surface area contributed by atoms with Crippen molar-refractivity contribution in [3.8, 4) is 0 Å². The molecule has 0 aromatic heterocycles. The molecule has 1 heterocycles. The maximum atomic E-state index is 11.6. The molecule has 1 aromatic rings. The van der Waals surface area contributed by atoms with E-state index in [4.69, 9.17) is 0 Å². The average molecular weight is 220 g/mol. The van der Waals surface area contributed by atoms with E-state index < -0.39 is 5.60 Å². The molecule has 0 bridgehead atoms. The molecule has 1 aliphatic rings. The highest BCUT2D eigenvalue weighted by molar-refractivity contribution is 5.91. The number of β-amino-alcohol motifs (C(OH)–C–C–N with tert-alkyl or cyclic N) is 1. The summed E-state index contributed by atoms with van der Waals surface area (Å²) in [6.07, 6.45) is 0.147. The predicted octanol–water partition coefficient (Wildman–Crippen LogP) is 0.658. The molecule has 1 fully saturated rings. The largest absolute Gasteiger partial charge is 0.387 e.